The van der Waals surface area contributed by atoms with E-state index in [4.69, 9.17) is 0 Å². The van der Waals surface area contributed by atoms with Crippen molar-refractivity contribution in [1.82, 2.24) is 10.2 Å². The van der Waals surface area contributed by atoms with Gasteiger partial charge in [0.25, 0.3) is 0 Å². The van der Waals surface area contributed by atoms with Crippen LogP contribution in [0.5, 0.6) is 0 Å². The van der Waals surface area contributed by atoms with Gasteiger partial charge in [-0.2, -0.15) is 0 Å². The van der Waals surface area contributed by atoms with Crippen molar-refractivity contribution < 1.29 is 0 Å². The lowest BCUT2D eigenvalue weighted by Crippen LogP contribution is -2.42. The molecule has 0 saturated heterocycles. The van der Waals surface area contributed by atoms with Crippen LogP contribution in [0.4, 0.5) is 0 Å². The lowest BCUT2D eigenvalue weighted by atomic mass is 9.87. The van der Waals surface area contributed by atoms with E-state index in [2.05, 4.69) is 45.0 Å². The first-order valence-electron chi connectivity index (χ1n) is 5.85. The van der Waals surface area contributed by atoms with Gasteiger partial charge < -0.3 is 10.2 Å². The third kappa shape index (κ3) is 3.97. The number of hydrogen-bond donors (Lipinski definition) is 1. The van der Waals surface area contributed by atoms with Crippen LogP contribution in [0.2, 0.25) is 0 Å². The van der Waals surface area contributed by atoms with E-state index in [1.807, 2.05) is 0 Å². The van der Waals surface area contributed by atoms with Crippen LogP contribution in [0.1, 0.15) is 40.5 Å². The first-order chi connectivity index (χ1) is 6.41. The third-order valence-electron chi connectivity index (χ3n) is 3.39. The lowest BCUT2D eigenvalue weighted by Gasteiger charge is -2.35. The van der Waals surface area contributed by atoms with Crippen LogP contribution in [0.25, 0.3) is 0 Å². The highest BCUT2D eigenvalue weighted by Gasteiger charge is 2.24. The van der Waals surface area contributed by atoms with Gasteiger partial charge in [0.15, 0.2) is 0 Å². The lowest BCUT2D eigenvalue weighted by molar-refractivity contribution is 0.142. The average molecular weight is 198 g/mol. The van der Waals surface area contributed by atoms with Crippen molar-refractivity contribution in [2.75, 3.05) is 20.1 Å². The molecule has 0 aliphatic heterocycles. The van der Waals surface area contributed by atoms with Gasteiger partial charge in [0.1, 0.15) is 0 Å². The van der Waals surface area contributed by atoms with Crippen LogP contribution in [-0.2, 0) is 0 Å². The van der Waals surface area contributed by atoms with Gasteiger partial charge in [-0.1, -0.05) is 20.8 Å². The first kappa shape index (κ1) is 12.0. The van der Waals surface area contributed by atoms with E-state index < -0.39 is 0 Å². The fourth-order valence-electron chi connectivity index (χ4n) is 1.59. The van der Waals surface area contributed by atoms with E-state index in [0.29, 0.717) is 11.5 Å². The van der Waals surface area contributed by atoms with Crippen LogP contribution in [-0.4, -0.2) is 37.1 Å². The van der Waals surface area contributed by atoms with E-state index in [1.165, 1.54) is 12.8 Å². The fraction of sp³-hybridized carbons (Fsp3) is 1.00. The van der Waals surface area contributed by atoms with Crippen molar-refractivity contribution >= 4 is 0 Å². The molecular weight excluding hydrogens is 172 g/mol. The van der Waals surface area contributed by atoms with Gasteiger partial charge in [-0.3, -0.25) is 0 Å². The van der Waals surface area contributed by atoms with Gasteiger partial charge in [0, 0.05) is 25.2 Å². The molecule has 0 bridgehead atoms. The quantitative estimate of drug-likeness (QED) is 0.728. The second-order valence-electron chi connectivity index (χ2n) is 5.75. The summed E-state index contributed by atoms with van der Waals surface area (Å²) in [6.45, 7) is 11.5. The average Bonchev–Trinajstić information content (AvgIpc) is 2.85. The highest BCUT2D eigenvalue weighted by atomic mass is 15.1. The summed E-state index contributed by atoms with van der Waals surface area (Å²) in [5.41, 5.74) is 0.383. The Balaban J connectivity index is 2.15. The maximum absolute atomic E-state index is 3.55. The summed E-state index contributed by atoms with van der Waals surface area (Å²) in [4.78, 5) is 2.45. The van der Waals surface area contributed by atoms with Crippen molar-refractivity contribution in [2.24, 2.45) is 5.41 Å². The summed E-state index contributed by atoms with van der Waals surface area (Å²) in [5.74, 6) is 0. The Kier molecular flexibility index (Phi) is 3.96. The summed E-state index contributed by atoms with van der Waals surface area (Å²) in [6, 6.07) is 1.48. The Morgan fingerprint density at radius 3 is 2.36 bits per heavy atom. The minimum absolute atomic E-state index is 0.383. The highest BCUT2D eigenvalue weighted by Crippen LogP contribution is 2.22. The molecule has 84 valence electrons. The molecule has 1 saturated carbocycles. The molecule has 1 N–H and O–H groups in total. The Morgan fingerprint density at radius 2 is 1.93 bits per heavy atom. The molecule has 0 aromatic rings. The number of likely N-dealkylation sites (N-methyl/N-ethyl adjacent to an activating group) is 1. The van der Waals surface area contributed by atoms with Crippen molar-refractivity contribution in [1.29, 1.82) is 0 Å². The van der Waals surface area contributed by atoms with Crippen LogP contribution in [0, 0.1) is 5.41 Å². The maximum Gasteiger partial charge on any atom is 0.0113 e. The minimum atomic E-state index is 0.383. The Labute approximate surface area is 89.1 Å². The van der Waals surface area contributed by atoms with Crippen molar-refractivity contribution in [3.63, 3.8) is 0 Å². The molecule has 0 aromatic carbocycles. The van der Waals surface area contributed by atoms with Gasteiger partial charge >= 0.3 is 0 Å². The fourth-order valence-corrected chi connectivity index (χ4v) is 1.59. The molecule has 1 unspecified atom stereocenters. The van der Waals surface area contributed by atoms with E-state index in [9.17, 15) is 0 Å². The largest absolute Gasteiger partial charge is 0.313 e. The maximum atomic E-state index is 3.55. The van der Waals surface area contributed by atoms with Gasteiger partial charge in [-0.15, -0.1) is 0 Å². The van der Waals surface area contributed by atoms with Crippen molar-refractivity contribution in [3.05, 3.63) is 0 Å². The van der Waals surface area contributed by atoms with Gasteiger partial charge in [-0.25, -0.2) is 0 Å². The van der Waals surface area contributed by atoms with E-state index in [1.54, 1.807) is 0 Å². The van der Waals surface area contributed by atoms with Crippen molar-refractivity contribution in [3.8, 4) is 0 Å². The van der Waals surface area contributed by atoms with Gasteiger partial charge in [-0.05, 0) is 32.2 Å². The van der Waals surface area contributed by atoms with Gasteiger partial charge in [0.2, 0.25) is 0 Å². The molecule has 0 radical (unpaired) electrons. The Morgan fingerprint density at radius 1 is 1.36 bits per heavy atom. The molecule has 0 heterocycles. The van der Waals surface area contributed by atoms with E-state index in [-0.39, 0.29) is 0 Å². The molecule has 1 atom stereocenters. The molecule has 1 rings (SSSR count). The summed E-state index contributed by atoms with van der Waals surface area (Å²) >= 11 is 0. The monoisotopic (exact) mass is 198 g/mol. The molecule has 0 aromatic heterocycles. The van der Waals surface area contributed by atoms with Crippen LogP contribution >= 0.6 is 0 Å². The molecule has 1 fully saturated rings. The van der Waals surface area contributed by atoms with Crippen LogP contribution in [0.15, 0.2) is 0 Å². The number of nitrogens with zero attached hydrogens (tertiary/aromatic N) is 1. The SMILES string of the molecule is CC(N(C)CCNC1CC1)C(C)(C)C. The minimum Gasteiger partial charge on any atom is -0.313 e. The first-order valence-corrected chi connectivity index (χ1v) is 5.85. The molecule has 0 amide bonds. The third-order valence-corrected chi connectivity index (χ3v) is 3.39. The summed E-state index contributed by atoms with van der Waals surface area (Å²) < 4.78 is 0. The number of hydrogen-bond acceptors (Lipinski definition) is 2. The van der Waals surface area contributed by atoms with E-state index in [0.717, 1.165) is 19.1 Å². The zero-order valence-corrected chi connectivity index (χ0v) is 10.4. The summed E-state index contributed by atoms with van der Waals surface area (Å²) in [6.07, 6.45) is 2.77. The standard InChI is InChI=1S/C12H26N2/c1-10(12(2,3)4)14(5)9-8-13-11-6-7-11/h10-11,13H,6-9H2,1-5H3. The highest BCUT2D eigenvalue weighted by molar-refractivity contribution is 4.82. The molecule has 0 spiro atoms. The molecule has 1 aliphatic carbocycles. The zero-order valence-electron chi connectivity index (χ0n) is 10.4. The van der Waals surface area contributed by atoms with Gasteiger partial charge in [0.05, 0.1) is 0 Å². The number of nitrogens with one attached hydrogen (secondary N) is 1. The second-order valence-corrected chi connectivity index (χ2v) is 5.75. The van der Waals surface area contributed by atoms with E-state index >= 15 is 0 Å². The Bertz CT molecular complexity index is 168. The van der Waals surface area contributed by atoms with Crippen molar-refractivity contribution in [2.45, 2.75) is 52.6 Å². The van der Waals surface area contributed by atoms with Crippen LogP contribution < -0.4 is 5.32 Å². The Hall–Kier alpha value is -0.0800. The molecule has 14 heavy (non-hydrogen) atoms. The normalized spacial score (nSPS) is 20.1. The molecule has 1 aliphatic rings. The molecule has 2 nitrogen and oxygen atoms in total. The van der Waals surface area contributed by atoms with Crippen LogP contribution in [0.3, 0.4) is 0 Å². The summed E-state index contributed by atoms with van der Waals surface area (Å²) in [5, 5.41) is 3.55. The zero-order chi connectivity index (χ0) is 10.8. The predicted octanol–water partition coefficient (Wildman–Crippen LogP) is 2.10. The molecule has 2 heteroatoms. The number of rotatable bonds is 5. The molecular formula is C12H26N2. The summed E-state index contributed by atoms with van der Waals surface area (Å²) in [7, 11) is 2.23. The topological polar surface area (TPSA) is 15.3 Å². The second kappa shape index (κ2) is 4.63. The smallest absolute Gasteiger partial charge is 0.0113 e. The predicted molar refractivity (Wildman–Crippen MR) is 62.6 cm³/mol.